The van der Waals surface area contributed by atoms with Crippen molar-refractivity contribution < 1.29 is 4.74 Å². The standard InChI is InChI=1S/C16H19ClN2O/c1-3-19-16(13-8-12(2)9-18-10-13)11-20-15-6-4-14(17)5-7-15/h4-10,16,19H,3,11H2,1-2H3. The molecular weight excluding hydrogens is 272 g/mol. The minimum atomic E-state index is 0.128. The molecule has 1 atom stereocenters. The summed E-state index contributed by atoms with van der Waals surface area (Å²) in [6, 6.07) is 9.66. The molecule has 2 aromatic rings. The van der Waals surface area contributed by atoms with Crippen molar-refractivity contribution >= 4 is 11.6 Å². The third kappa shape index (κ3) is 4.22. The predicted octanol–water partition coefficient (Wildman–Crippen LogP) is 3.77. The van der Waals surface area contributed by atoms with Crippen LogP contribution in [0.4, 0.5) is 0 Å². The van der Waals surface area contributed by atoms with E-state index in [-0.39, 0.29) is 6.04 Å². The Balaban J connectivity index is 2.04. The molecule has 0 spiro atoms. The first-order valence-electron chi connectivity index (χ1n) is 6.72. The van der Waals surface area contributed by atoms with Crippen molar-refractivity contribution in [2.75, 3.05) is 13.2 Å². The minimum Gasteiger partial charge on any atom is -0.492 e. The summed E-state index contributed by atoms with van der Waals surface area (Å²) >= 11 is 5.86. The number of rotatable bonds is 6. The van der Waals surface area contributed by atoms with Crippen LogP contribution in [0.15, 0.2) is 42.7 Å². The van der Waals surface area contributed by atoms with Gasteiger partial charge in [-0.25, -0.2) is 0 Å². The molecule has 2 rings (SSSR count). The molecule has 0 saturated carbocycles. The highest BCUT2D eigenvalue weighted by Gasteiger charge is 2.11. The molecule has 3 nitrogen and oxygen atoms in total. The third-order valence-corrected chi connectivity index (χ3v) is 3.23. The second-order valence-electron chi connectivity index (χ2n) is 4.67. The second-order valence-corrected chi connectivity index (χ2v) is 5.11. The summed E-state index contributed by atoms with van der Waals surface area (Å²) in [4.78, 5) is 4.24. The highest BCUT2D eigenvalue weighted by Crippen LogP contribution is 2.19. The zero-order valence-corrected chi connectivity index (χ0v) is 12.5. The van der Waals surface area contributed by atoms with Crippen molar-refractivity contribution in [3.8, 4) is 5.75 Å². The van der Waals surface area contributed by atoms with Gasteiger partial charge in [0, 0.05) is 17.4 Å². The smallest absolute Gasteiger partial charge is 0.119 e. The van der Waals surface area contributed by atoms with Gasteiger partial charge in [0.25, 0.3) is 0 Å². The van der Waals surface area contributed by atoms with Crippen molar-refractivity contribution in [1.82, 2.24) is 10.3 Å². The number of benzene rings is 1. The van der Waals surface area contributed by atoms with E-state index in [1.165, 1.54) is 0 Å². The Labute approximate surface area is 124 Å². The molecule has 1 N–H and O–H groups in total. The summed E-state index contributed by atoms with van der Waals surface area (Å²) < 4.78 is 5.82. The van der Waals surface area contributed by atoms with Gasteiger partial charge in [0.05, 0.1) is 6.04 Å². The fourth-order valence-corrected chi connectivity index (χ4v) is 2.12. The van der Waals surface area contributed by atoms with E-state index in [0.717, 1.165) is 23.4 Å². The Morgan fingerprint density at radius 1 is 1.25 bits per heavy atom. The zero-order valence-electron chi connectivity index (χ0n) is 11.8. The van der Waals surface area contributed by atoms with Crippen molar-refractivity contribution in [2.24, 2.45) is 0 Å². The Kier molecular flexibility index (Phi) is 5.39. The topological polar surface area (TPSA) is 34.1 Å². The maximum Gasteiger partial charge on any atom is 0.119 e. The number of halogens is 1. The fraction of sp³-hybridized carbons (Fsp3) is 0.312. The molecule has 0 aliphatic rings. The molecule has 106 valence electrons. The van der Waals surface area contributed by atoms with Crippen LogP contribution in [0.1, 0.15) is 24.1 Å². The van der Waals surface area contributed by atoms with Crippen molar-refractivity contribution in [1.29, 1.82) is 0 Å². The number of nitrogens with one attached hydrogen (secondary N) is 1. The highest BCUT2D eigenvalue weighted by atomic mass is 35.5. The van der Waals surface area contributed by atoms with E-state index in [0.29, 0.717) is 11.6 Å². The number of aryl methyl sites for hydroxylation is 1. The molecule has 0 aliphatic carbocycles. The number of hydrogen-bond donors (Lipinski definition) is 1. The lowest BCUT2D eigenvalue weighted by atomic mass is 10.1. The van der Waals surface area contributed by atoms with Crippen LogP contribution >= 0.6 is 11.6 Å². The molecule has 1 aromatic heterocycles. The maximum atomic E-state index is 5.86. The summed E-state index contributed by atoms with van der Waals surface area (Å²) in [6.45, 7) is 5.56. The van der Waals surface area contributed by atoms with E-state index in [2.05, 4.69) is 23.3 Å². The monoisotopic (exact) mass is 290 g/mol. The number of aromatic nitrogens is 1. The molecule has 20 heavy (non-hydrogen) atoms. The van der Waals surface area contributed by atoms with Crippen LogP contribution in [0.3, 0.4) is 0 Å². The van der Waals surface area contributed by atoms with E-state index >= 15 is 0 Å². The number of likely N-dealkylation sites (N-methyl/N-ethyl adjacent to an activating group) is 1. The molecule has 1 heterocycles. The summed E-state index contributed by atoms with van der Waals surface area (Å²) in [5.41, 5.74) is 2.29. The van der Waals surface area contributed by atoms with Crippen LogP contribution < -0.4 is 10.1 Å². The fourth-order valence-electron chi connectivity index (χ4n) is 2.00. The van der Waals surface area contributed by atoms with Crippen LogP contribution in [0.25, 0.3) is 0 Å². The second kappa shape index (κ2) is 7.27. The Bertz CT molecular complexity index is 542. The van der Waals surface area contributed by atoms with Gasteiger partial charge in [0.1, 0.15) is 12.4 Å². The van der Waals surface area contributed by atoms with Gasteiger partial charge in [-0.05, 0) is 48.9 Å². The maximum absolute atomic E-state index is 5.86. The van der Waals surface area contributed by atoms with Crippen LogP contribution in [0, 0.1) is 6.92 Å². The van der Waals surface area contributed by atoms with Gasteiger partial charge in [0.2, 0.25) is 0 Å². The normalized spacial score (nSPS) is 12.2. The van der Waals surface area contributed by atoms with Crippen molar-refractivity contribution in [3.05, 3.63) is 58.9 Å². The molecular formula is C16H19ClN2O. The summed E-state index contributed by atoms with van der Waals surface area (Å²) in [6.07, 6.45) is 3.73. The summed E-state index contributed by atoms with van der Waals surface area (Å²) in [5.74, 6) is 0.818. The van der Waals surface area contributed by atoms with Crippen LogP contribution in [-0.2, 0) is 0 Å². The van der Waals surface area contributed by atoms with E-state index in [1.807, 2.05) is 43.6 Å². The molecule has 0 bridgehead atoms. The van der Waals surface area contributed by atoms with Gasteiger partial charge in [0.15, 0.2) is 0 Å². The van der Waals surface area contributed by atoms with E-state index in [9.17, 15) is 0 Å². The van der Waals surface area contributed by atoms with Gasteiger partial charge in [-0.15, -0.1) is 0 Å². The van der Waals surface area contributed by atoms with Gasteiger partial charge in [-0.1, -0.05) is 24.6 Å². The largest absolute Gasteiger partial charge is 0.492 e. The molecule has 0 saturated heterocycles. The van der Waals surface area contributed by atoms with Gasteiger partial charge in [-0.3, -0.25) is 4.98 Å². The van der Waals surface area contributed by atoms with Crippen LogP contribution in [0.5, 0.6) is 5.75 Å². The quantitative estimate of drug-likeness (QED) is 0.879. The van der Waals surface area contributed by atoms with Gasteiger partial charge in [-0.2, -0.15) is 0 Å². The average molecular weight is 291 g/mol. The van der Waals surface area contributed by atoms with Gasteiger partial charge >= 0.3 is 0 Å². The van der Waals surface area contributed by atoms with E-state index in [4.69, 9.17) is 16.3 Å². The first-order valence-corrected chi connectivity index (χ1v) is 7.10. The Hall–Kier alpha value is -1.58. The Morgan fingerprint density at radius 2 is 2.00 bits per heavy atom. The SMILES string of the molecule is CCNC(COc1ccc(Cl)cc1)c1cncc(C)c1. The molecule has 0 fully saturated rings. The lowest BCUT2D eigenvalue weighted by Gasteiger charge is -2.19. The van der Waals surface area contributed by atoms with E-state index < -0.39 is 0 Å². The van der Waals surface area contributed by atoms with Gasteiger partial charge < -0.3 is 10.1 Å². The lowest BCUT2D eigenvalue weighted by Crippen LogP contribution is -2.26. The molecule has 0 radical (unpaired) electrons. The first-order chi connectivity index (χ1) is 9.69. The molecule has 1 unspecified atom stereocenters. The molecule has 4 heteroatoms. The number of nitrogens with zero attached hydrogens (tertiary/aromatic N) is 1. The number of hydrogen-bond acceptors (Lipinski definition) is 3. The third-order valence-electron chi connectivity index (χ3n) is 2.98. The average Bonchev–Trinajstić information content (AvgIpc) is 2.45. The summed E-state index contributed by atoms with van der Waals surface area (Å²) in [5, 5.41) is 4.13. The highest BCUT2D eigenvalue weighted by molar-refractivity contribution is 6.30. The van der Waals surface area contributed by atoms with Crippen LogP contribution in [0.2, 0.25) is 5.02 Å². The number of pyridine rings is 1. The molecule has 0 amide bonds. The Morgan fingerprint density at radius 3 is 2.65 bits per heavy atom. The molecule has 0 aliphatic heterocycles. The number of ether oxygens (including phenoxy) is 1. The van der Waals surface area contributed by atoms with E-state index in [1.54, 1.807) is 0 Å². The van der Waals surface area contributed by atoms with Crippen molar-refractivity contribution in [3.63, 3.8) is 0 Å². The summed E-state index contributed by atoms with van der Waals surface area (Å²) in [7, 11) is 0. The zero-order chi connectivity index (χ0) is 14.4. The molecule has 1 aromatic carbocycles. The minimum absolute atomic E-state index is 0.128. The van der Waals surface area contributed by atoms with Crippen LogP contribution in [-0.4, -0.2) is 18.1 Å². The predicted molar refractivity (Wildman–Crippen MR) is 82.3 cm³/mol. The van der Waals surface area contributed by atoms with Crippen molar-refractivity contribution in [2.45, 2.75) is 19.9 Å². The lowest BCUT2D eigenvalue weighted by molar-refractivity contribution is 0.268. The first kappa shape index (κ1) is 14.8.